The van der Waals surface area contributed by atoms with E-state index in [1.165, 1.54) is 0 Å². The van der Waals surface area contributed by atoms with Crippen LogP contribution in [-0.4, -0.2) is 20.9 Å². The van der Waals surface area contributed by atoms with Crippen molar-refractivity contribution in [3.05, 3.63) is 47.8 Å². The number of carbonyl (C=O) groups excluding carboxylic acids is 1. The molecule has 1 heterocycles. The van der Waals surface area contributed by atoms with Crippen LogP contribution in [0.2, 0.25) is 0 Å². The van der Waals surface area contributed by atoms with Crippen LogP contribution < -0.4 is 11.1 Å². The Balaban J connectivity index is 1.67. The van der Waals surface area contributed by atoms with Crippen molar-refractivity contribution in [2.24, 2.45) is 5.92 Å². The fourth-order valence-corrected chi connectivity index (χ4v) is 2.89. The molecule has 0 saturated heterocycles. The molecule has 0 spiro atoms. The van der Waals surface area contributed by atoms with E-state index in [2.05, 4.69) is 33.3 Å². The number of allylic oxidation sites excluding steroid dienone is 2. The number of esters is 1. The Morgan fingerprint density at radius 1 is 1.27 bits per heavy atom. The molecule has 0 unspecified atom stereocenters. The number of carbonyl (C=O) groups is 1. The van der Waals surface area contributed by atoms with E-state index in [0.717, 1.165) is 36.9 Å². The van der Waals surface area contributed by atoms with Crippen LogP contribution >= 0.6 is 0 Å². The van der Waals surface area contributed by atoms with Crippen LogP contribution in [0, 0.1) is 5.92 Å². The summed E-state index contributed by atoms with van der Waals surface area (Å²) in [4.78, 5) is 24.6. The second-order valence-corrected chi connectivity index (χ2v) is 6.16. The molecule has 1 aromatic carbocycles. The second kappa shape index (κ2) is 8.42. The predicted octanol–water partition coefficient (Wildman–Crippen LogP) is 3.16. The SMILES string of the molecule is CCc1ccccc1Nc1nc(N)nc(COC(=O)[C@@H]2CC=CCC2)n1. The molecule has 0 bridgehead atoms. The summed E-state index contributed by atoms with van der Waals surface area (Å²) in [6.45, 7) is 2.06. The first kappa shape index (κ1) is 17.8. The number of benzene rings is 1. The van der Waals surface area contributed by atoms with E-state index in [9.17, 15) is 4.79 Å². The van der Waals surface area contributed by atoms with Gasteiger partial charge in [0.05, 0.1) is 5.92 Å². The highest BCUT2D eigenvalue weighted by Crippen LogP contribution is 2.21. The summed E-state index contributed by atoms with van der Waals surface area (Å²) in [5, 5.41) is 3.16. The molecule has 3 N–H and O–H groups in total. The van der Waals surface area contributed by atoms with Crippen molar-refractivity contribution in [1.82, 2.24) is 15.0 Å². The van der Waals surface area contributed by atoms with Gasteiger partial charge in [0, 0.05) is 5.69 Å². The zero-order valence-electron chi connectivity index (χ0n) is 14.8. The standard InChI is InChI=1S/C19H23N5O2/c1-2-13-8-6-7-11-15(13)21-19-23-16(22-18(20)24-19)12-26-17(25)14-9-4-3-5-10-14/h3-4,6-8,11,14H,2,5,9-10,12H2,1H3,(H3,20,21,22,23,24)/t14-/m1/s1. The molecule has 1 aliphatic carbocycles. The highest BCUT2D eigenvalue weighted by molar-refractivity contribution is 5.72. The lowest BCUT2D eigenvalue weighted by molar-refractivity contribution is -0.150. The second-order valence-electron chi connectivity index (χ2n) is 6.16. The largest absolute Gasteiger partial charge is 0.457 e. The van der Waals surface area contributed by atoms with Crippen LogP contribution in [0.3, 0.4) is 0 Å². The molecule has 0 amide bonds. The van der Waals surface area contributed by atoms with Gasteiger partial charge in [0.25, 0.3) is 0 Å². The summed E-state index contributed by atoms with van der Waals surface area (Å²) in [5.41, 5.74) is 7.84. The minimum Gasteiger partial charge on any atom is -0.457 e. The fourth-order valence-electron chi connectivity index (χ4n) is 2.89. The first-order valence-electron chi connectivity index (χ1n) is 8.82. The Labute approximate surface area is 152 Å². The molecule has 0 radical (unpaired) electrons. The first-order valence-corrected chi connectivity index (χ1v) is 8.82. The molecule has 1 aliphatic rings. The van der Waals surface area contributed by atoms with E-state index >= 15 is 0 Å². The molecule has 0 fully saturated rings. The molecule has 0 saturated carbocycles. The van der Waals surface area contributed by atoms with E-state index in [-0.39, 0.29) is 24.4 Å². The van der Waals surface area contributed by atoms with Crippen molar-refractivity contribution in [2.45, 2.75) is 39.2 Å². The van der Waals surface area contributed by atoms with Crippen LogP contribution in [0.5, 0.6) is 0 Å². The third-order valence-corrected chi connectivity index (χ3v) is 4.29. The van der Waals surface area contributed by atoms with Crippen LogP contribution in [-0.2, 0) is 22.6 Å². The minimum absolute atomic E-state index is 0.0180. The van der Waals surface area contributed by atoms with E-state index in [1.54, 1.807) is 0 Å². The molecule has 7 nitrogen and oxygen atoms in total. The van der Waals surface area contributed by atoms with Gasteiger partial charge < -0.3 is 15.8 Å². The highest BCUT2D eigenvalue weighted by atomic mass is 16.5. The summed E-state index contributed by atoms with van der Waals surface area (Å²) < 4.78 is 5.36. The molecular weight excluding hydrogens is 330 g/mol. The quantitative estimate of drug-likeness (QED) is 0.607. The van der Waals surface area contributed by atoms with E-state index in [0.29, 0.717) is 11.8 Å². The Kier molecular flexibility index (Phi) is 5.78. The summed E-state index contributed by atoms with van der Waals surface area (Å²) in [6.07, 6.45) is 7.42. The summed E-state index contributed by atoms with van der Waals surface area (Å²) in [7, 11) is 0. The lowest BCUT2D eigenvalue weighted by atomic mass is 9.95. The van der Waals surface area contributed by atoms with Crippen LogP contribution in [0.15, 0.2) is 36.4 Å². The van der Waals surface area contributed by atoms with Gasteiger partial charge >= 0.3 is 5.97 Å². The van der Waals surface area contributed by atoms with Crippen LogP contribution in [0.1, 0.15) is 37.6 Å². The third-order valence-electron chi connectivity index (χ3n) is 4.29. The Morgan fingerprint density at radius 3 is 2.88 bits per heavy atom. The number of para-hydroxylation sites is 1. The van der Waals surface area contributed by atoms with Crippen LogP contribution in [0.4, 0.5) is 17.6 Å². The number of nitrogens with zero attached hydrogens (tertiary/aromatic N) is 3. The number of nitrogens with one attached hydrogen (secondary N) is 1. The minimum atomic E-state index is -0.223. The van der Waals surface area contributed by atoms with Gasteiger partial charge in [0.1, 0.15) is 0 Å². The molecule has 1 aromatic heterocycles. The zero-order valence-corrected chi connectivity index (χ0v) is 14.8. The van der Waals surface area contributed by atoms with Crippen molar-refractivity contribution >= 4 is 23.6 Å². The number of anilines is 3. The number of aromatic nitrogens is 3. The number of ether oxygens (including phenoxy) is 1. The molecule has 2 aromatic rings. The van der Waals surface area contributed by atoms with Gasteiger partial charge in [-0.05, 0) is 37.3 Å². The number of nitrogens with two attached hydrogens (primary N) is 1. The molecule has 1 atom stereocenters. The van der Waals surface area contributed by atoms with Crippen molar-refractivity contribution in [2.75, 3.05) is 11.1 Å². The molecule has 136 valence electrons. The molecule has 3 rings (SSSR count). The number of rotatable bonds is 6. The number of hydrogen-bond donors (Lipinski definition) is 2. The number of aryl methyl sites for hydroxylation is 1. The first-order chi connectivity index (χ1) is 12.7. The van der Waals surface area contributed by atoms with Gasteiger partial charge in [-0.25, -0.2) is 0 Å². The van der Waals surface area contributed by atoms with E-state index < -0.39 is 0 Å². The molecule has 26 heavy (non-hydrogen) atoms. The topological polar surface area (TPSA) is 103 Å². The normalized spacial score (nSPS) is 16.3. The van der Waals surface area contributed by atoms with Gasteiger partial charge in [-0.15, -0.1) is 0 Å². The van der Waals surface area contributed by atoms with Crippen molar-refractivity contribution in [3.8, 4) is 0 Å². The van der Waals surface area contributed by atoms with Crippen molar-refractivity contribution in [1.29, 1.82) is 0 Å². The average Bonchev–Trinajstić information content (AvgIpc) is 2.67. The van der Waals surface area contributed by atoms with Crippen molar-refractivity contribution in [3.63, 3.8) is 0 Å². The highest BCUT2D eigenvalue weighted by Gasteiger charge is 2.20. The van der Waals surface area contributed by atoms with Gasteiger partial charge in [-0.2, -0.15) is 15.0 Å². The van der Waals surface area contributed by atoms with E-state index in [4.69, 9.17) is 10.5 Å². The Bertz CT molecular complexity index is 806. The lowest BCUT2D eigenvalue weighted by Crippen LogP contribution is -2.19. The smallest absolute Gasteiger partial charge is 0.309 e. The van der Waals surface area contributed by atoms with Gasteiger partial charge in [-0.3, -0.25) is 4.79 Å². The van der Waals surface area contributed by atoms with Crippen LogP contribution in [0.25, 0.3) is 0 Å². The summed E-state index contributed by atoms with van der Waals surface area (Å²) >= 11 is 0. The van der Waals surface area contributed by atoms with E-state index in [1.807, 2.05) is 30.3 Å². The summed E-state index contributed by atoms with van der Waals surface area (Å²) in [6, 6.07) is 7.91. The fraction of sp³-hybridized carbons (Fsp3) is 0.368. The summed E-state index contributed by atoms with van der Waals surface area (Å²) in [5.74, 6) is 0.439. The Morgan fingerprint density at radius 2 is 2.12 bits per heavy atom. The molecular formula is C19H23N5O2. The van der Waals surface area contributed by atoms with Gasteiger partial charge in [0.2, 0.25) is 11.9 Å². The maximum absolute atomic E-state index is 12.1. The maximum Gasteiger partial charge on any atom is 0.309 e. The van der Waals surface area contributed by atoms with Gasteiger partial charge in [-0.1, -0.05) is 37.3 Å². The molecule has 0 aliphatic heterocycles. The monoisotopic (exact) mass is 353 g/mol. The number of hydrogen-bond acceptors (Lipinski definition) is 7. The average molecular weight is 353 g/mol. The zero-order chi connectivity index (χ0) is 18.4. The van der Waals surface area contributed by atoms with Gasteiger partial charge in [0.15, 0.2) is 12.4 Å². The lowest BCUT2D eigenvalue weighted by Gasteiger charge is -2.16. The van der Waals surface area contributed by atoms with Crippen molar-refractivity contribution < 1.29 is 9.53 Å². The molecule has 7 heteroatoms. The predicted molar refractivity (Wildman–Crippen MR) is 99.6 cm³/mol. The number of nitrogen functional groups attached to an aromatic ring is 1. The third kappa shape index (κ3) is 4.56. The Hall–Kier alpha value is -2.96. The maximum atomic E-state index is 12.1.